The number of ether oxygens (including phenoxy) is 1. The van der Waals surface area contributed by atoms with Crippen molar-refractivity contribution < 1.29 is 29.0 Å². The van der Waals surface area contributed by atoms with Crippen molar-refractivity contribution in [2.75, 3.05) is 26.2 Å². The molecule has 3 amide bonds. The van der Waals surface area contributed by atoms with E-state index < -0.39 is 23.6 Å². The van der Waals surface area contributed by atoms with Crippen LogP contribution in [0.15, 0.2) is 30.3 Å². The number of hydrogen-bond donors (Lipinski definition) is 3. The van der Waals surface area contributed by atoms with E-state index in [9.17, 15) is 24.3 Å². The van der Waals surface area contributed by atoms with E-state index in [1.807, 2.05) is 39.0 Å². The number of aliphatic carboxylic acids is 1. The summed E-state index contributed by atoms with van der Waals surface area (Å²) in [5, 5.41) is 15.0. The molecular weight excluding hydrogens is 486 g/mol. The number of likely N-dealkylation sites (tertiary alicyclic amines) is 1. The number of carbonyl (C=O) groups excluding carboxylic acids is 3. The zero-order valence-electron chi connectivity index (χ0n) is 23.2. The first-order chi connectivity index (χ1) is 18.0. The second-order valence-corrected chi connectivity index (χ2v) is 11.1. The van der Waals surface area contributed by atoms with E-state index in [-0.39, 0.29) is 24.2 Å². The highest BCUT2D eigenvalue weighted by Crippen LogP contribution is 2.28. The van der Waals surface area contributed by atoms with E-state index in [1.54, 1.807) is 4.90 Å². The summed E-state index contributed by atoms with van der Waals surface area (Å²) in [6.45, 7) is 7.42. The summed E-state index contributed by atoms with van der Waals surface area (Å²) in [6, 6.07) is 10.1. The third-order valence-corrected chi connectivity index (χ3v) is 6.59. The lowest BCUT2D eigenvalue weighted by atomic mass is 9.92. The molecule has 1 fully saturated rings. The molecule has 0 spiro atoms. The molecule has 212 valence electrons. The molecule has 1 aliphatic heterocycles. The number of alkyl carbamates (subject to hydrolysis) is 1. The molecule has 1 aliphatic rings. The van der Waals surface area contributed by atoms with Crippen LogP contribution in [0, 0.1) is 11.8 Å². The molecule has 0 unspecified atom stereocenters. The smallest absolute Gasteiger partial charge is 0.407 e. The summed E-state index contributed by atoms with van der Waals surface area (Å²) in [6.07, 6.45) is 5.92. The number of rotatable bonds is 16. The zero-order chi connectivity index (χ0) is 28.0. The van der Waals surface area contributed by atoms with Gasteiger partial charge in [0.1, 0.15) is 5.60 Å². The first kappa shape index (κ1) is 31.1. The molecule has 3 N–H and O–H groups in total. The van der Waals surface area contributed by atoms with Crippen LogP contribution in [-0.4, -0.2) is 65.7 Å². The summed E-state index contributed by atoms with van der Waals surface area (Å²) < 4.78 is 5.20. The van der Waals surface area contributed by atoms with E-state index in [1.165, 1.54) is 5.56 Å². The summed E-state index contributed by atoms with van der Waals surface area (Å²) >= 11 is 0. The van der Waals surface area contributed by atoms with Crippen LogP contribution in [0.5, 0.6) is 0 Å². The first-order valence-corrected chi connectivity index (χ1v) is 13.8. The molecule has 1 aromatic carbocycles. The average Bonchev–Trinajstić information content (AvgIpc) is 3.12. The lowest BCUT2D eigenvalue weighted by Gasteiger charge is -2.19. The number of nitrogens with zero attached hydrogens (tertiary/aromatic N) is 1. The number of carbonyl (C=O) groups is 4. The van der Waals surface area contributed by atoms with Crippen LogP contribution < -0.4 is 10.6 Å². The van der Waals surface area contributed by atoms with Crippen LogP contribution in [0.2, 0.25) is 0 Å². The van der Waals surface area contributed by atoms with E-state index in [0.717, 1.165) is 44.9 Å². The van der Waals surface area contributed by atoms with Crippen molar-refractivity contribution in [2.24, 2.45) is 11.8 Å². The quantitative estimate of drug-likeness (QED) is 0.275. The number of benzene rings is 1. The predicted octanol–water partition coefficient (Wildman–Crippen LogP) is 4.15. The van der Waals surface area contributed by atoms with Crippen LogP contribution in [0.25, 0.3) is 0 Å². The molecule has 9 heteroatoms. The van der Waals surface area contributed by atoms with Gasteiger partial charge in [0.25, 0.3) is 0 Å². The maximum absolute atomic E-state index is 12.9. The molecule has 0 aliphatic carbocycles. The largest absolute Gasteiger partial charge is 0.481 e. The molecule has 2 atom stereocenters. The van der Waals surface area contributed by atoms with Crippen LogP contribution in [0.4, 0.5) is 4.79 Å². The minimum absolute atomic E-state index is 0.0688. The third-order valence-electron chi connectivity index (χ3n) is 6.59. The Morgan fingerprint density at radius 3 is 2.37 bits per heavy atom. The molecule has 1 aromatic rings. The fourth-order valence-corrected chi connectivity index (χ4v) is 4.68. The molecule has 0 radical (unpaired) electrons. The van der Waals surface area contributed by atoms with Crippen LogP contribution in [0.1, 0.15) is 77.7 Å². The minimum Gasteiger partial charge on any atom is -0.481 e. The molecule has 0 saturated carbocycles. The summed E-state index contributed by atoms with van der Waals surface area (Å²) in [5.74, 6) is -1.98. The standard InChI is InChI=1S/C29H45N3O6/c1-29(2,3)38-28(37)30-17-11-6-4-5-10-16-25(33)31-20-23-21-32(27(36)24(23)19-26(34)35)18-12-15-22-13-8-7-9-14-22/h7-9,13-14,23-24H,4-6,10-12,15-21H2,1-3H3,(H,30,37)(H,31,33)(H,34,35)/t23-,24+/m1/s1. The Morgan fingerprint density at radius 2 is 1.68 bits per heavy atom. The van der Waals surface area contributed by atoms with E-state index in [2.05, 4.69) is 22.8 Å². The molecule has 2 rings (SSSR count). The molecule has 38 heavy (non-hydrogen) atoms. The van der Waals surface area contributed by atoms with Crippen molar-refractivity contribution in [3.63, 3.8) is 0 Å². The van der Waals surface area contributed by atoms with Gasteiger partial charge in [-0.1, -0.05) is 49.6 Å². The molecule has 0 aromatic heterocycles. The second kappa shape index (κ2) is 16.0. The zero-order valence-corrected chi connectivity index (χ0v) is 23.2. The van der Waals surface area contributed by atoms with Gasteiger partial charge in [-0.25, -0.2) is 4.79 Å². The lowest BCUT2D eigenvalue weighted by molar-refractivity contribution is -0.142. The van der Waals surface area contributed by atoms with Gasteiger partial charge in [0, 0.05) is 38.5 Å². The number of aryl methyl sites for hydroxylation is 1. The number of carboxylic acid groups (broad SMARTS) is 1. The average molecular weight is 532 g/mol. The minimum atomic E-state index is -0.993. The van der Waals surface area contributed by atoms with Gasteiger partial charge in [0.15, 0.2) is 0 Å². The van der Waals surface area contributed by atoms with Crippen molar-refractivity contribution in [3.05, 3.63) is 35.9 Å². The Morgan fingerprint density at radius 1 is 1.00 bits per heavy atom. The van der Waals surface area contributed by atoms with Gasteiger partial charge < -0.3 is 25.4 Å². The monoisotopic (exact) mass is 531 g/mol. The normalized spacial score (nSPS) is 17.3. The predicted molar refractivity (Wildman–Crippen MR) is 146 cm³/mol. The highest BCUT2D eigenvalue weighted by atomic mass is 16.6. The Bertz CT molecular complexity index is 899. The second-order valence-electron chi connectivity index (χ2n) is 11.1. The van der Waals surface area contributed by atoms with Crippen molar-refractivity contribution in [1.29, 1.82) is 0 Å². The Balaban J connectivity index is 1.62. The van der Waals surface area contributed by atoms with Gasteiger partial charge in [0.05, 0.1) is 12.3 Å². The van der Waals surface area contributed by atoms with Gasteiger partial charge in [-0.15, -0.1) is 0 Å². The molecule has 9 nitrogen and oxygen atoms in total. The van der Waals surface area contributed by atoms with Crippen molar-refractivity contribution >= 4 is 23.9 Å². The summed E-state index contributed by atoms with van der Waals surface area (Å²) in [5.41, 5.74) is 0.708. The van der Waals surface area contributed by atoms with E-state index in [4.69, 9.17) is 4.74 Å². The highest BCUT2D eigenvalue weighted by Gasteiger charge is 2.41. The number of carboxylic acids is 1. The van der Waals surface area contributed by atoms with E-state index >= 15 is 0 Å². The maximum Gasteiger partial charge on any atom is 0.407 e. The Labute approximate surface area is 226 Å². The molecular formula is C29H45N3O6. The fourth-order valence-electron chi connectivity index (χ4n) is 4.68. The van der Waals surface area contributed by atoms with Gasteiger partial charge in [-0.2, -0.15) is 0 Å². The van der Waals surface area contributed by atoms with Crippen molar-refractivity contribution in [1.82, 2.24) is 15.5 Å². The van der Waals surface area contributed by atoms with Crippen molar-refractivity contribution in [2.45, 2.75) is 84.2 Å². The number of unbranched alkanes of at least 4 members (excludes halogenated alkanes) is 4. The maximum atomic E-state index is 12.9. The number of hydrogen-bond acceptors (Lipinski definition) is 5. The summed E-state index contributed by atoms with van der Waals surface area (Å²) in [7, 11) is 0. The highest BCUT2D eigenvalue weighted by molar-refractivity contribution is 5.85. The van der Waals surface area contributed by atoms with Gasteiger partial charge >= 0.3 is 12.1 Å². The topological polar surface area (TPSA) is 125 Å². The van der Waals surface area contributed by atoms with Crippen LogP contribution >= 0.6 is 0 Å². The molecule has 0 bridgehead atoms. The Kier molecular flexibility index (Phi) is 13.1. The summed E-state index contributed by atoms with van der Waals surface area (Å²) in [4.78, 5) is 50.0. The first-order valence-electron chi connectivity index (χ1n) is 13.8. The fraction of sp³-hybridized carbons (Fsp3) is 0.655. The molecule has 1 saturated heterocycles. The SMILES string of the molecule is CC(C)(C)OC(=O)NCCCCCCCC(=O)NC[C@@H]1CN(CCCc2ccccc2)C(=O)[C@H]1CC(=O)O. The van der Waals surface area contributed by atoms with Gasteiger partial charge in [-0.3, -0.25) is 14.4 Å². The number of nitrogens with one attached hydrogen (secondary N) is 2. The van der Waals surface area contributed by atoms with Gasteiger partial charge in [0.2, 0.25) is 11.8 Å². The van der Waals surface area contributed by atoms with E-state index in [0.29, 0.717) is 32.6 Å². The van der Waals surface area contributed by atoms with Gasteiger partial charge in [-0.05, 0) is 52.0 Å². The van der Waals surface area contributed by atoms with Crippen LogP contribution in [0.3, 0.4) is 0 Å². The van der Waals surface area contributed by atoms with Crippen LogP contribution in [-0.2, 0) is 25.5 Å². The van der Waals surface area contributed by atoms with Crippen molar-refractivity contribution in [3.8, 4) is 0 Å². The molecule has 1 heterocycles. The lowest BCUT2D eigenvalue weighted by Crippen LogP contribution is -2.33. The Hall–Kier alpha value is -3.10. The third kappa shape index (κ3) is 12.4. The number of amides is 3.